The molecule has 1 N–H and O–H groups in total. The van der Waals surface area contributed by atoms with E-state index < -0.39 is 0 Å². The van der Waals surface area contributed by atoms with Gasteiger partial charge in [0.25, 0.3) is 0 Å². The van der Waals surface area contributed by atoms with Crippen molar-refractivity contribution in [2.45, 2.75) is 26.2 Å². The topological polar surface area (TPSA) is 57.2 Å². The SMILES string of the molecule is CC(C)(C)c1ccccc1Nc1cnnc(N2CCN(c3ccccc3)CC2)n1. The van der Waals surface area contributed by atoms with E-state index in [1.165, 1.54) is 11.3 Å². The molecule has 1 aliphatic rings. The Kier molecular flexibility index (Phi) is 5.34. The highest BCUT2D eigenvalue weighted by Crippen LogP contribution is 2.31. The molecule has 0 aliphatic carbocycles. The van der Waals surface area contributed by atoms with E-state index in [9.17, 15) is 0 Å². The third-order valence-electron chi connectivity index (χ3n) is 5.23. The van der Waals surface area contributed by atoms with Crippen molar-refractivity contribution < 1.29 is 0 Å². The first-order valence-corrected chi connectivity index (χ1v) is 10.1. The van der Waals surface area contributed by atoms with Crippen molar-refractivity contribution in [2.75, 3.05) is 41.3 Å². The number of nitrogens with zero attached hydrogens (tertiary/aromatic N) is 5. The molecule has 1 saturated heterocycles. The Hall–Kier alpha value is -3.15. The first-order chi connectivity index (χ1) is 14.0. The number of para-hydroxylation sites is 2. The Morgan fingerprint density at radius 2 is 1.48 bits per heavy atom. The maximum absolute atomic E-state index is 4.74. The van der Waals surface area contributed by atoms with Gasteiger partial charge in [0.1, 0.15) is 0 Å². The summed E-state index contributed by atoms with van der Waals surface area (Å²) < 4.78 is 0. The summed E-state index contributed by atoms with van der Waals surface area (Å²) in [6.07, 6.45) is 1.68. The van der Waals surface area contributed by atoms with E-state index in [0.717, 1.165) is 37.7 Å². The highest BCUT2D eigenvalue weighted by atomic mass is 15.4. The van der Waals surface area contributed by atoms with E-state index in [1.54, 1.807) is 6.20 Å². The Bertz CT molecular complexity index is 943. The zero-order valence-corrected chi connectivity index (χ0v) is 17.3. The highest BCUT2D eigenvalue weighted by molar-refractivity contribution is 5.62. The lowest BCUT2D eigenvalue weighted by Crippen LogP contribution is -2.47. The van der Waals surface area contributed by atoms with Crippen LogP contribution >= 0.6 is 0 Å². The van der Waals surface area contributed by atoms with Gasteiger partial charge < -0.3 is 15.1 Å². The standard InChI is InChI=1S/C23H28N6/c1-23(2,3)19-11-7-8-12-20(19)25-21-17-24-27-22(26-21)29-15-13-28(14-16-29)18-9-5-4-6-10-18/h4-12,17H,13-16H2,1-3H3,(H,25,26,27). The molecule has 2 aromatic carbocycles. The minimum Gasteiger partial charge on any atom is -0.368 e. The molecule has 150 valence electrons. The number of nitrogens with one attached hydrogen (secondary N) is 1. The largest absolute Gasteiger partial charge is 0.368 e. The maximum Gasteiger partial charge on any atom is 0.247 e. The van der Waals surface area contributed by atoms with Crippen molar-refractivity contribution >= 4 is 23.1 Å². The molecule has 0 radical (unpaired) electrons. The summed E-state index contributed by atoms with van der Waals surface area (Å²) in [5.74, 6) is 1.40. The van der Waals surface area contributed by atoms with Gasteiger partial charge in [-0.05, 0) is 29.2 Å². The van der Waals surface area contributed by atoms with Crippen LogP contribution in [0.5, 0.6) is 0 Å². The molecule has 6 nitrogen and oxygen atoms in total. The first kappa shape index (κ1) is 19.2. The molecule has 0 bridgehead atoms. The number of hydrogen-bond acceptors (Lipinski definition) is 6. The van der Waals surface area contributed by atoms with E-state index in [-0.39, 0.29) is 5.41 Å². The minimum absolute atomic E-state index is 0.0423. The average Bonchev–Trinajstić information content (AvgIpc) is 2.74. The monoisotopic (exact) mass is 388 g/mol. The number of anilines is 4. The molecule has 0 unspecified atom stereocenters. The van der Waals surface area contributed by atoms with Gasteiger partial charge in [-0.15, -0.1) is 5.10 Å². The number of rotatable bonds is 4. The van der Waals surface area contributed by atoms with Crippen molar-refractivity contribution in [1.82, 2.24) is 15.2 Å². The van der Waals surface area contributed by atoms with Gasteiger partial charge in [0.05, 0.1) is 6.20 Å². The van der Waals surface area contributed by atoms with Crippen LogP contribution in [0.3, 0.4) is 0 Å². The maximum atomic E-state index is 4.74. The van der Waals surface area contributed by atoms with E-state index in [2.05, 4.69) is 94.6 Å². The second kappa shape index (κ2) is 8.07. The van der Waals surface area contributed by atoms with Crippen molar-refractivity contribution in [3.05, 3.63) is 66.4 Å². The van der Waals surface area contributed by atoms with E-state index in [1.807, 2.05) is 6.07 Å². The van der Waals surface area contributed by atoms with Crippen molar-refractivity contribution in [3.8, 4) is 0 Å². The van der Waals surface area contributed by atoms with Crippen molar-refractivity contribution in [2.24, 2.45) is 0 Å². The molecule has 6 heteroatoms. The van der Waals surface area contributed by atoms with Crippen LogP contribution in [0.15, 0.2) is 60.8 Å². The normalized spacial score (nSPS) is 14.7. The van der Waals surface area contributed by atoms with Gasteiger partial charge in [-0.1, -0.05) is 57.2 Å². The Morgan fingerprint density at radius 3 is 2.21 bits per heavy atom. The van der Waals surface area contributed by atoms with Gasteiger partial charge in [0.2, 0.25) is 5.95 Å². The Labute approximate surface area is 172 Å². The molecule has 2 heterocycles. The first-order valence-electron chi connectivity index (χ1n) is 10.1. The van der Waals surface area contributed by atoms with E-state index in [0.29, 0.717) is 5.95 Å². The highest BCUT2D eigenvalue weighted by Gasteiger charge is 2.21. The van der Waals surface area contributed by atoms with Gasteiger partial charge in [-0.25, -0.2) is 0 Å². The summed E-state index contributed by atoms with van der Waals surface area (Å²) in [4.78, 5) is 9.33. The molecule has 3 aromatic rings. The molecule has 1 aromatic heterocycles. The third-order valence-corrected chi connectivity index (χ3v) is 5.23. The number of piperazine rings is 1. The van der Waals surface area contributed by atoms with Gasteiger partial charge >= 0.3 is 0 Å². The lowest BCUT2D eigenvalue weighted by atomic mass is 9.86. The summed E-state index contributed by atoms with van der Waals surface area (Å²) >= 11 is 0. The lowest BCUT2D eigenvalue weighted by molar-refractivity contribution is 0.592. The molecular formula is C23H28N6. The fourth-order valence-electron chi connectivity index (χ4n) is 3.68. The number of benzene rings is 2. The summed E-state index contributed by atoms with van der Waals surface area (Å²) in [7, 11) is 0. The minimum atomic E-state index is 0.0423. The quantitative estimate of drug-likeness (QED) is 0.721. The molecular weight excluding hydrogens is 360 g/mol. The molecule has 1 aliphatic heterocycles. The molecule has 4 rings (SSSR count). The van der Waals surface area contributed by atoms with Crippen LogP contribution in [-0.2, 0) is 5.41 Å². The lowest BCUT2D eigenvalue weighted by Gasteiger charge is -2.35. The Balaban J connectivity index is 1.47. The molecule has 0 atom stereocenters. The van der Waals surface area contributed by atoms with Gasteiger partial charge in [0, 0.05) is 37.6 Å². The van der Waals surface area contributed by atoms with Crippen LogP contribution in [0, 0.1) is 0 Å². The van der Waals surface area contributed by atoms with Gasteiger partial charge in [-0.3, -0.25) is 0 Å². The van der Waals surface area contributed by atoms with Crippen molar-refractivity contribution in [3.63, 3.8) is 0 Å². The van der Waals surface area contributed by atoms with Gasteiger partial charge in [-0.2, -0.15) is 10.1 Å². The van der Waals surface area contributed by atoms with E-state index in [4.69, 9.17) is 4.98 Å². The van der Waals surface area contributed by atoms with Crippen LogP contribution in [0.2, 0.25) is 0 Å². The molecule has 0 amide bonds. The third kappa shape index (κ3) is 4.47. The van der Waals surface area contributed by atoms with Gasteiger partial charge in [0.15, 0.2) is 5.82 Å². The second-order valence-corrected chi connectivity index (χ2v) is 8.37. The summed E-state index contributed by atoms with van der Waals surface area (Å²) in [6.45, 7) is 10.3. The van der Waals surface area contributed by atoms with Crippen LogP contribution in [-0.4, -0.2) is 41.4 Å². The number of hydrogen-bond donors (Lipinski definition) is 1. The second-order valence-electron chi connectivity index (χ2n) is 8.37. The molecule has 0 spiro atoms. The average molecular weight is 389 g/mol. The Morgan fingerprint density at radius 1 is 0.828 bits per heavy atom. The summed E-state index contributed by atoms with van der Waals surface area (Å²) in [5.41, 5.74) is 3.61. The van der Waals surface area contributed by atoms with Crippen LogP contribution in [0.25, 0.3) is 0 Å². The molecule has 0 saturated carbocycles. The van der Waals surface area contributed by atoms with Crippen LogP contribution < -0.4 is 15.1 Å². The molecule has 1 fully saturated rings. The van der Waals surface area contributed by atoms with Crippen LogP contribution in [0.4, 0.5) is 23.1 Å². The summed E-state index contributed by atoms with van der Waals surface area (Å²) in [5, 5.41) is 11.9. The van der Waals surface area contributed by atoms with E-state index >= 15 is 0 Å². The smallest absolute Gasteiger partial charge is 0.247 e. The predicted octanol–water partition coefficient (Wildman–Crippen LogP) is 4.24. The zero-order chi connectivity index (χ0) is 20.3. The fraction of sp³-hybridized carbons (Fsp3) is 0.348. The zero-order valence-electron chi connectivity index (χ0n) is 17.3. The molecule has 29 heavy (non-hydrogen) atoms. The van der Waals surface area contributed by atoms with Crippen molar-refractivity contribution in [1.29, 1.82) is 0 Å². The fourth-order valence-corrected chi connectivity index (χ4v) is 3.68. The predicted molar refractivity (Wildman–Crippen MR) is 119 cm³/mol. The number of aromatic nitrogens is 3. The summed E-state index contributed by atoms with van der Waals surface area (Å²) in [6, 6.07) is 18.9. The van der Waals surface area contributed by atoms with Crippen LogP contribution in [0.1, 0.15) is 26.3 Å².